The third kappa shape index (κ3) is 6.99. The zero-order valence-corrected chi connectivity index (χ0v) is 24.9. The molecule has 2 heterocycles. The van der Waals surface area contributed by atoms with E-state index in [0.717, 1.165) is 16.7 Å². The second-order valence-electron chi connectivity index (χ2n) is 8.89. The van der Waals surface area contributed by atoms with Crippen molar-refractivity contribution in [2.24, 2.45) is 10.2 Å². The molecule has 8 nitrogen and oxygen atoms in total. The van der Waals surface area contributed by atoms with Crippen molar-refractivity contribution in [2.75, 3.05) is 14.2 Å². The van der Waals surface area contributed by atoms with E-state index < -0.39 is 0 Å². The lowest BCUT2D eigenvalue weighted by Crippen LogP contribution is -2.28. The Labute approximate surface area is 257 Å². The first-order chi connectivity index (χ1) is 20.4. The predicted octanol–water partition coefficient (Wildman–Crippen LogP) is 7.69. The smallest absolute Gasteiger partial charge is 0.267 e. The molecule has 1 fully saturated rings. The SMILES string of the molecule is COc1ccccc1/C=C1\S/C(=N/N=C\c2ccc(OCc3ccc(Cl)cc3Cl)c(OC)c2)N(Cc2ccco2)C1=O. The lowest BCUT2D eigenvalue weighted by Gasteiger charge is -2.13. The van der Waals surface area contributed by atoms with Gasteiger partial charge in [0.05, 0.1) is 38.1 Å². The van der Waals surface area contributed by atoms with Crippen LogP contribution in [-0.2, 0) is 17.9 Å². The number of rotatable bonds is 10. The van der Waals surface area contributed by atoms with Crippen LogP contribution in [0.3, 0.4) is 0 Å². The summed E-state index contributed by atoms with van der Waals surface area (Å²) >= 11 is 13.5. The van der Waals surface area contributed by atoms with Crippen molar-refractivity contribution in [3.05, 3.63) is 116 Å². The molecule has 0 saturated carbocycles. The fourth-order valence-corrected chi connectivity index (χ4v) is 5.42. The quantitative estimate of drug-likeness (QED) is 0.102. The van der Waals surface area contributed by atoms with Gasteiger partial charge in [-0.3, -0.25) is 9.69 Å². The largest absolute Gasteiger partial charge is 0.496 e. The minimum absolute atomic E-state index is 0.208. The van der Waals surface area contributed by atoms with E-state index in [4.69, 9.17) is 41.8 Å². The highest BCUT2D eigenvalue weighted by Crippen LogP contribution is 2.35. The molecule has 42 heavy (non-hydrogen) atoms. The summed E-state index contributed by atoms with van der Waals surface area (Å²) in [6.07, 6.45) is 4.93. The highest BCUT2D eigenvalue weighted by molar-refractivity contribution is 8.18. The van der Waals surface area contributed by atoms with Gasteiger partial charge in [-0.05, 0) is 71.9 Å². The van der Waals surface area contributed by atoms with Crippen LogP contribution in [0, 0.1) is 0 Å². The molecule has 214 valence electrons. The highest BCUT2D eigenvalue weighted by Gasteiger charge is 2.34. The summed E-state index contributed by atoms with van der Waals surface area (Å²) in [5.74, 6) is 2.14. The van der Waals surface area contributed by atoms with Crippen LogP contribution in [0.15, 0.2) is 98.6 Å². The van der Waals surface area contributed by atoms with Gasteiger partial charge in [0.15, 0.2) is 16.7 Å². The first-order valence-electron chi connectivity index (χ1n) is 12.7. The van der Waals surface area contributed by atoms with Crippen LogP contribution >= 0.6 is 35.0 Å². The van der Waals surface area contributed by atoms with Gasteiger partial charge in [-0.2, -0.15) is 5.10 Å². The summed E-state index contributed by atoms with van der Waals surface area (Å²) in [6, 6.07) is 21.7. The number of halogens is 2. The van der Waals surface area contributed by atoms with Gasteiger partial charge in [-0.25, -0.2) is 0 Å². The predicted molar refractivity (Wildman–Crippen MR) is 167 cm³/mol. The van der Waals surface area contributed by atoms with Crippen molar-refractivity contribution in [2.45, 2.75) is 13.2 Å². The van der Waals surface area contributed by atoms with E-state index in [2.05, 4.69) is 10.2 Å². The number of nitrogens with zero attached hydrogens (tertiary/aromatic N) is 3. The molecule has 3 aromatic carbocycles. The number of carbonyl (C=O) groups excluding carboxylic acids is 1. The van der Waals surface area contributed by atoms with Gasteiger partial charge >= 0.3 is 0 Å². The van der Waals surface area contributed by atoms with Gasteiger partial charge in [0.1, 0.15) is 18.1 Å². The van der Waals surface area contributed by atoms with Crippen molar-refractivity contribution in [1.82, 2.24) is 4.90 Å². The number of hydrogen-bond donors (Lipinski definition) is 0. The average Bonchev–Trinajstić information content (AvgIpc) is 3.61. The topological polar surface area (TPSA) is 85.9 Å². The number of amidine groups is 1. The molecule has 4 aromatic rings. The number of ether oxygens (including phenoxy) is 3. The number of para-hydroxylation sites is 1. The maximum absolute atomic E-state index is 13.4. The molecule has 0 atom stereocenters. The van der Waals surface area contributed by atoms with Crippen LogP contribution in [0.4, 0.5) is 0 Å². The Hall–Kier alpha value is -4.18. The van der Waals surface area contributed by atoms with E-state index in [1.807, 2.05) is 36.4 Å². The van der Waals surface area contributed by atoms with E-state index in [1.165, 1.54) is 16.7 Å². The molecule has 1 aliphatic heterocycles. The van der Waals surface area contributed by atoms with Gasteiger partial charge in [0.25, 0.3) is 5.91 Å². The number of hydrogen-bond acceptors (Lipinski definition) is 8. The molecule has 0 spiro atoms. The van der Waals surface area contributed by atoms with Gasteiger partial charge in [-0.1, -0.05) is 47.5 Å². The van der Waals surface area contributed by atoms with Crippen molar-refractivity contribution in [3.8, 4) is 17.2 Å². The maximum atomic E-state index is 13.4. The van der Waals surface area contributed by atoms with Gasteiger partial charge in [-0.15, -0.1) is 5.10 Å². The Kier molecular flexibility index (Phi) is 9.53. The van der Waals surface area contributed by atoms with Gasteiger partial charge < -0.3 is 18.6 Å². The Morgan fingerprint density at radius 1 is 0.952 bits per heavy atom. The minimum Gasteiger partial charge on any atom is -0.496 e. The Morgan fingerprint density at radius 2 is 1.79 bits per heavy atom. The molecule has 0 aliphatic carbocycles. The fourth-order valence-electron chi connectivity index (χ4n) is 4.03. The molecule has 11 heteroatoms. The van der Waals surface area contributed by atoms with Gasteiger partial charge in [0.2, 0.25) is 0 Å². The number of thioether (sulfide) groups is 1. The fraction of sp³-hybridized carbons (Fsp3) is 0.129. The van der Waals surface area contributed by atoms with E-state index in [1.54, 1.807) is 69.2 Å². The van der Waals surface area contributed by atoms with E-state index in [0.29, 0.717) is 43.1 Å². The van der Waals surface area contributed by atoms with E-state index >= 15 is 0 Å². The van der Waals surface area contributed by atoms with Crippen LogP contribution in [0.1, 0.15) is 22.5 Å². The standard InChI is InChI=1S/C31H25Cl2N3O5S/c1-38-26-8-4-3-6-21(26)15-29-30(37)36(18-24-7-5-13-40-24)31(42-29)35-34-17-20-9-12-27(28(14-20)39-2)41-19-22-10-11-23(32)16-25(22)33/h3-17H,18-19H2,1-2H3/b29-15-,34-17-,35-31+. The Balaban J connectivity index is 1.35. The van der Waals surface area contributed by atoms with E-state index in [9.17, 15) is 4.79 Å². The summed E-state index contributed by atoms with van der Waals surface area (Å²) in [4.78, 5) is 15.4. The third-order valence-corrected chi connectivity index (χ3v) is 7.73. The Bertz CT molecular complexity index is 1670. The average molecular weight is 623 g/mol. The molecular weight excluding hydrogens is 597 g/mol. The van der Waals surface area contributed by atoms with Crippen LogP contribution < -0.4 is 14.2 Å². The van der Waals surface area contributed by atoms with Crippen LogP contribution in [0.2, 0.25) is 10.0 Å². The molecule has 0 bridgehead atoms. The monoisotopic (exact) mass is 621 g/mol. The first-order valence-corrected chi connectivity index (χ1v) is 14.2. The molecule has 0 radical (unpaired) electrons. The van der Waals surface area contributed by atoms with Crippen molar-refractivity contribution >= 4 is 58.3 Å². The normalized spacial score (nSPS) is 15.2. The first kappa shape index (κ1) is 29.3. The molecule has 0 N–H and O–H groups in total. The lowest BCUT2D eigenvalue weighted by atomic mass is 10.2. The summed E-state index contributed by atoms with van der Waals surface area (Å²) in [6.45, 7) is 0.461. The third-order valence-electron chi connectivity index (χ3n) is 6.14. The molecule has 0 unspecified atom stereocenters. The summed E-state index contributed by atoms with van der Waals surface area (Å²) < 4.78 is 22.4. The number of methoxy groups -OCH3 is 2. The summed E-state index contributed by atoms with van der Waals surface area (Å²) in [7, 11) is 3.15. The molecular formula is C31H25Cl2N3O5S. The highest BCUT2D eigenvalue weighted by atomic mass is 35.5. The van der Waals surface area contributed by atoms with Crippen molar-refractivity contribution in [1.29, 1.82) is 0 Å². The number of furan rings is 1. The number of amides is 1. The molecule has 1 amide bonds. The molecule has 1 aromatic heterocycles. The second-order valence-corrected chi connectivity index (χ2v) is 10.7. The van der Waals surface area contributed by atoms with Crippen LogP contribution in [-0.4, -0.2) is 36.4 Å². The maximum Gasteiger partial charge on any atom is 0.267 e. The molecule has 5 rings (SSSR count). The van der Waals surface area contributed by atoms with Crippen molar-refractivity contribution < 1.29 is 23.4 Å². The van der Waals surface area contributed by atoms with Crippen molar-refractivity contribution in [3.63, 3.8) is 0 Å². The molecule has 1 aliphatic rings. The lowest BCUT2D eigenvalue weighted by molar-refractivity contribution is -0.122. The minimum atomic E-state index is -0.208. The zero-order chi connectivity index (χ0) is 29.5. The molecule has 1 saturated heterocycles. The second kappa shape index (κ2) is 13.7. The van der Waals surface area contributed by atoms with Crippen LogP contribution in [0.5, 0.6) is 17.2 Å². The van der Waals surface area contributed by atoms with Gasteiger partial charge in [0, 0.05) is 21.2 Å². The summed E-state index contributed by atoms with van der Waals surface area (Å²) in [5, 5.41) is 10.1. The zero-order valence-electron chi connectivity index (χ0n) is 22.6. The Morgan fingerprint density at radius 3 is 2.55 bits per heavy atom. The number of benzene rings is 3. The summed E-state index contributed by atoms with van der Waals surface area (Å²) in [5.41, 5.74) is 2.31. The van der Waals surface area contributed by atoms with E-state index in [-0.39, 0.29) is 19.1 Å². The number of carbonyl (C=O) groups is 1. The van der Waals surface area contributed by atoms with Crippen LogP contribution in [0.25, 0.3) is 6.08 Å².